The standard InChI is InChI=1S/C14H22N2O5S/c1-20-11-5-3-10(4-6-11)7-15-12-9-21-13(14(12)17)8-16-22(2,18)19/h3-6,12-17H,7-9H2,1-2H3. The molecule has 1 fully saturated rings. The number of benzene rings is 1. The van der Waals surface area contributed by atoms with E-state index >= 15 is 0 Å². The predicted molar refractivity (Wildman–Crippen MR) is 82.2 cm³/mol. The lowest BCUT2D eigenvalue weighted by atomic mass is 10.1. The van der Waals surface area contributed by atoms with Crippen LogP contribution in [0.4, 0.5) is 0 Å². The maximum Gasteiger partial charge on any atom is 0.208 e. The van der Waals surface area contributed by atoms with Crippen LogP contribution in [0.2, 0.25) is 0 Å². The summed E-state index contributed by atoms with van der Waals surface area (Å²) in [4.78, 5) is 0. The van der Waals surface area contributed by atoms with Crippen LogP contribution in [0, 0.1) is 0 Å². The van der Waals surface area contributed by atoms with Crippen molar-refractivity contribution < 1.29 is 23.0 Å². The van der Waals surface area contributed by atoms with Crippen molar-refractivity contribution in [3.63, 3.8) is 0 Å². The Bertz CT molecular complexity index is 575. The third-order valence-corrected chi connectivity index (χ3v) is 4.25. The van der Waals surface area contributed by atoms with Gasteiger partial charge >= 0.3 is 0 Å². The third-order valence-electron chi connectivity index (χ3n) is 3.56. The van der Waals surface area contributed by atoms with Gasteiger partial charge in [0.05, 0.1) is 38.2 Å². The van der Waals surface area contributed by atoms with Crippen molar-refractivity contribution >= 4 is 10.0 Å². The zero-order valence-electron chi connectivity index (χ0n) is 12.7. The Morgan fingerprint density at radius 1 is 1.36 bits per heavy atom. The molecule has 1 saturated heterocycles. The second-order valence-electron chi connectivity index (χ2n) is 5.32. The van der Waals surface area contributed by atoms with Crippen molar-refractivity contribution in [1.82, 2.24) is 10.0 Å². The SMILES string of the molecule is COc1ccc(CNC2COC(CNS(C)(=O)=O)C2O)cc1. The van der Waals surface area contributed by atoms with E-state index in [2.05, 4.69) is 10.0 Å². The molecular weight excluding hydrogens is 308 g/mol. The first-order valence-corrected chi connectivity index (χ1v) is 8.89. The molecule has 1 aliphatic rings. The van der Waals surface area contributed by atoms with Crippen LogP contribution in [0.1, 0.15) is 5.56 Å². The van der Waals surface area contributed by atoms with Crippen molar-refractivity contribution in [3.8, 4) is 5.75 Å². The van der Waals surface area contributed by atoms with Crippen LogP contribution >= 0.6 is 0 Å². The third kappa shape index (κ3) is 4.92. The monoisotopic (exact) mass is 330 g/mol. The number of rotatable bonds is 7. The van der Waals surface area contributed by atoms with Gasteiger partial charge in [0.1, 0.15) is 5.75 Å². The molecule has 0 bridgehead atoms. The number of aliphatic hydroxyl groups excluding tert-OH is 1. The number of methoxy groups -OCH3 is 1. The molecule has 22 heavy (non-hydrogen) atoms. The first-order chi connectivity index (χ1) is 10.4. The lowest BCUT2D eigenvalue weighted by Crippen LogP contribution is -2.44. The van der Waals surface area contributed by atoms with E-state index in [0.717, 1.165) is 17.6 Å². The largest absolute Gasteiger partial charge is 0.497 e. The maximum absolute atomic E-state index is 11.1. The van der Waals surface area contributed by atoms with E-state index < -0.39 is 22.2 Å². The summed E-state index contributed by atoms with van der Waals surface area (Å²) in [6.07, 6.45) is -0.219. The van der Waals surface area contributed by atoms with Crippen molar-refractivity contribution in [1.29, 1.82) is 0 Å². The minimum absolute atomic E-state index is 0.0702. The van der Waals surface area contributed by atoms with Gasteiger partial charge in [-0.25, -0.2) is 13.1 Å². The Kier molecular flexibility index (Phi) is 5.76. The van der Waals surface area contributed by atoms with Gasteiger partial charge in [0.25, 0.3) is 0 Å². The summed E-state index contributed by atoms with van der Waals surface area (Å²) in [5.74, 6) is 0.792. The summed E-state index contributed by atoms with van der Waals surface area (Å²) in [7, 11) is -1.67. The van der Waals surface area contributed by atoms with E-state index in [1.165, 1.54) is 0 Å². The summed E-state index contributed by atoms with van der Waals surface area (Å²) in [6.45, 7) is 0.995. The highest BCUT2D eigenvalue weighted by atomic mass is 32.2. The molecule has 0 aromatic heterocycles. The second kappa shape index (κ2) is 7.38. The number of nitrogens with one attached hydrogen (secondary N) is 2. The van der Waals surface area contributed by atoms with E-state index in [4.69, 9.17) is 9.47 Å². The molecule has 7 nitrogen and oxygen atoms in total. The number of hydrogen-bond donors (Lipinski definition) is 3. The Hall–Kier alpha value is -1.19. The van der Waals surface area contributed by atoms with Gasteiger partial charge in [0, 0.05) is 13.1 Å². The van der Waals surface area contributed by atoms with Gasteiger partial charge in [0.15, 0.2) is 0 Å². The van der Waals surface area contributed by atoms with Gasteiger partial charge in [-0.15, -0.1) is 0 Å². The number of sulfonamides is 1. The molecule has 0 spiro atoms. The molecular formula is C14H22N2O5S. The van der Waals surface area contributed by atoms with E-state index in [1.54, 1.807) is 7.11 Å². The molecule has 2 rings (SSSR count). The molecule has 0 aliphatic carbocycles. The second-order valence-corrected chi connectivity index (χ2v) is 7.15. The molecule has 3 atom stereocenters. The average Bonchev–Trinajstić information content (AvgIpc) is 2.83. The van der Waals surface area contributed by atoms with Gasteiger partial charge in [-0.1, -0.05) is 12.1 Å². The Morgan fingerprint density at radius 2 is 2.05 bits per heavy atom. The fourth-order valence-corrected chi connectivity index (χ4v) is 2.74. The van der Waals surface area contributed by atoms with E-state index in [-0.39, 0.29) is 12.6 Å². The van der Waals surface area contributed by atoms with Crippen LogP contribution in [-0.4, -0.2) is 58.3 Å². The predicted octanol–water partition coefficient (Wildman–Crippen LogP) is -0.538. The Labute approximate surface area is 130 Å². The molecule has 0 saturated carbocycles. The lowest BCUT2D eigenvalue weighted by molar-refractivity contribution is 0.0444. The quantitative estimate of drug-likeness (QED) is 0.621. The zero-order valence-corrected chi connectivity index (χ0v) is 13.5. The van der Waals surface area contributed by atoms with Crippen molar-refractivity contribution in [3.05, 3.63) is 29.8 Å². The summed E-state index contributed by atoms with van der Waals surface area (Å²) >= 11 is 0. The normalized spacial score (nSPS) is 25.3. The van der Waals surface area contributed by atoms with Gasteiger partial charge in [-0.2, -0.15) is 0 Å². The topological polar surface area (TPSA) is 96.9 Å². The Morgan fingerprint density at radius 3 is 2.64 bits per heavy atom. The molecule has 8 heteroatoms. The average molecular weight is 330 g/mol. The molecule has 1 aromatic rings. The Balaban J connectivity index is 1.81. The van der Waals surface area contributed by atoms with Crippen LogP contribution in [0.25, 0.3) is 0 Å². The van der Waals surface area contributed by atoms with E-state index in [9.17, 15) is 13.5 Å². The van der Waals surface area contributed by atoms with Gasteiger partial charge in [0.2, 0.25) is 10.0 Å². The van der Waals surface area contributed by atoms with Crippen LogP contribution in [-0.2, 0) is 21.3 Å². The molecule has 0 amide bonds. The van der Waals surface area contributed by atoms with Gasteiger partial charge in [-0.3, -0.25) is 0 Å². The summed E-state index contributed by atoms with van der Waals surface area (Å²) in [5, 5.41) is 13.4. The highest BCUT2D eigenvalue weighted by Crippen LogP contribution is 2.16. The number of aliphatic hydroxyl groups is 1. The molecule has 3 N–H and O–H groups in total. The molecule has 1 aliphatic heterocycles. The highest BCUT2D eigenvalue weighted by molar-refractivity contribution is 7.88. The smallest absolute Gasteiger partial charge is 0.208 e. The summed E-state index contributed by atoms with van der Waals surface area (Å²) in [6, 6.07) is 7.40. The molecule has 124 valence electrons. The first-order valence-electron chi connectivity index (χ1n) is 6.99. The molecule has 1 heterocycles. The van der Waals surface area contributed by atoms with Gasteiger partial charge < -0.3 is 19.9 Å². The van der Waals surface area contributed by atoms with Crippen LogP contribution in [0.3, 0.4) is 0 Å². The fourth-order valence-electron chi connectivity index (χ4n) is 2.27. The maximum atomic E-state index is 11.1. The molecule has 0 radical (unpaired) electrons. The lowest BCUT2D eigenvalue weighted by Gasteiger charge is -2.18. The van der Waals surface area contributed by atoms with Crippen LogP contribution < -0.4 is 14.8 Å². The minimum atomic E-state index is -3.29. The fraction of sp³-hybridized carbons (Fsp3) is 0.571. The van der Waals surface area contributed by atoms with E-state index in [1.807, 2.05) is 24.3 Å². The highest BCUT2D eigenvalue weighted by Gasteiger charge is 2.35. The number of hydrogen-bond acceptors (Lipinski definition) is 6. The zero-order chi connectivity index (χ0) is 16.2. The van der Waals surface area contributed by atoms with Gasteiger partial charge in [-0.05, 0) is 17.7 Å². The van der Waals surface area contributed by atoms with Crippen molar-refractivity contribution in [2.75, 3.05) is 26.5 Å². The summed E-state index contributed by atoms with van der Waals surface area (Å²) in [5.41, 5.74) is 1.06. The number of ether oxygens (including phenoxy) is 2. The van der Waals surface area contributed by atoms with E-state index in [0.29, 0.717) is 13.2 Å². The van der Waals surface area contributed by atoms with Crippen LogP contribution in [0.15, 0.2) is 24.3 Å². The summed E-state index contributed by atoms with van der Waals surface area (Å²) < 4.78 is 35.0. The van der Waals surface area contributed by atoms with Crippen molar-refractivity contribution in [2.45, 2.75) is 24.8 Å². The molecule has 1 aromatic carbocycles. The van der Waals surface area contributed by atoms with Crippen molar-refractivity contribution in [2.24, 2.45) is 0 Å². The minimum Gasteiger partial charge on any atom is -0.497 e. The van der Waals surface area contributed by atoms with Crippen LogP contribution in [0.5, 0.6) is 5.75 Å². The molecule has 3 unspecified atom stereocenters. The first kappa shape index (κ1) is 17.2.